The van der Waals surface area contributed by atoms with Gasteiger partial charge in [0.15, 0.2) is 0 Å². The van der Waals surface area contributed by atoms with Crippen molar-refractivity contribution in [3.8, 4) is 0 Å². The molecule has 0 aliphatic rings. The van der Waals surface area contributed by atoms with Crippen molar-refractivity contribution in [2.75, 3.05) is 10.5 Å². The van der Waals surface area contributed by atoms with E-state index >= 15 is 0 Å². The molecule has 0 aliphatic heterocycles. The van der Waals surface area contributed by atoms with E-state index in [0.717, 1.165) is 5.22 Å². The molecule has 0 fully saturated rings. The number of hydrogen-bond donors (Lipinski definition) is 3. The number of nitrogens with two attached hydrogens (primary N) is 2. The van der Waals surface area contributed by atoms with Gasteiger partial charge in [0.05, 0.1) is 11.4 Å². The van der Waals surface area contributed by atoms with E-state index in [-0.39, 0.29) is 10.6 Å². The highest BCUT2D eigenvalue weighted by Crippen LogP contribution is 2.19. The lowest BCUT2D eigenvalue weighted by atomic mass is 10.2. The largest absolute Gasteiger partial charge is 0.405 e. The number of para-hydroxylation sites is 1. The summed E-state index contributed by atoms with van der Waals surface area (Å²) >= 11 is 0. The quantitative estimate of drug-likeness (QED) is 0.725. The van der Waals surface area contributed by atoms with Crippen molar-refractivity contribution in [3.63, 3.8) is 0 Å². The molecular formula is C16H17N3O2S. The maximum Gasteiger partial charge on any atom is 0.263 e. The fraction of sp³-hybridized carbons (Fsp3) is 0. The van der Waals surface area contributed by atoms with Gasteiger partial charge in [0.1, 0.15) is 4.90 Å². The smallest absolute Gasteiger partial charge is 0.263 e. The molecule has 0 saturated carbocycles. The van der Waals surface area contributed by atoms with Crippen LogP contribution in [0.1, 0.15) is 0 Å². The van der Waals surface area contributed by atoms with E-state index < -0.39 is 10.0 Å². The van der Waals surface area contributed by atoms with Gasteiger partial charge in [0.25, 0.3) is 10.0 Å². The fourth-order valence-corrected chi connectivity index (χ4v) is 3.17. The van der Waals surface area contributed by atoms with Gasteiger partial charge in [-0.25, -0.2) is 8.42 Å². The summed E-state index contributed by atoms with van der Waals surface area (Å²) in [6.07, 6.45) is 4.79. The number of nitrogens with one attached hydrogen (secondary N) is 1. The van der Waals surface area contributed by atoms with E-state index in [0.29, 0.717) is 10.9 Å². The predicted octanol–water partition coefficient (Wildman–Crippen LogP) is 0.733. The molecule has 2 aromatic carbocycles. The van der Waals surface area contributed by atoms with Crippen molar-refractivity contribution in [2.45, 2.75) is 4.90 Å². The Labute approximate surface area is 129 Å². The van der Waals surface area contributed by atoms with E-state index in [1.165, 1.54) is 18.3 Å². The van der Waals surface area contributed by atoms with Crippen molar-refractivity contribution < 1.29 is 8.42 Å². The Morgan fingerprint density at radius 1 is 1.09 bits per heavy atom. The van der Waals surface area contributed by atoms with Crippen LogP contribution in [0.25, 0.3) is 12.7 Å². The summed E-state index contributed by atoms with van der Waals surface area (Å²) in [4.78, 5) is 0.0330. The number of allylic oxidation sites excluding steroid dienone is 1. The van der Waals surface area contributed by atoms with Gasteiger partial charge in [-0.3, -0.25) is 4.72 Å². The highest BCUT2D eigenvalue weighted by molar-refractivity contribution is 7.92. The Morgan fingerprint density at radius 3 is 2.50 bits per heavy atom. The van der Waals surface area contributed by atoms with E-state index in [4.69, 9.17) is 11.5 Å². The van der Waals surface area contributed by atoms with Gasteiger partial charge < -0.3 is 11.5 Å². The molecule has 0 spiro atoms. The van der Waals surface area contributed by atoms with Crippen LogP contribution in [-0.2, 0) is 10.0 Å². The zero-order valence-corrected chi connectivity index (χ0v) is 12.7. The first-order valence-electron chi connectivity index (χ1n) is 6.49. The predicted molar refractivity (Wildman–Crippen MR) is 90.7 cm³/mol. The Balaban J connectivity index is 2.48. The second-order valence-corrected chi connectivity index (χ2v) is 6.22. The maximum atomic E-state index is 12.4. The summed E-state index contributed by atoms with van der Waals surface area (Å²) in [7, 11) is -3.78. The average molecular weight is 315 g/mol. The number of hydrogen-bond acceptors (Lipinski definition) is 4. The molecule has 0 aromatic heterocycles. The first kappa shape index (κ1) is 15.7. The second kappa shape index (κ2) is 6.36. The Hall–Kier alpha value is -2.73. The lowest BCUT2D eigenvalue weighted by Gasteiger charge is -2.10. The van der Waals surface area contributed by atoms with Gasteiger partial charge in [-0.2, -0.15) is 0 Å². The lowest BCUT2D eigenvalue weighted by molar-refractivity contribution is 0.601. The van der Waals surface area contributed by atoms with Gasteiger partial charge >= 0.3 is 0 Å². The van der Waals surface area contributed by atoms with Gasteiger partial charge in [-0.1, -0.05) is 36.9 Å². The van der Waals surface area contributed by atoms with Crippen molar-refractivity contribution in [1.29, 1.82) is 0 Å². The fourth-order valence-electron chi connectivity index (χ4n) is 1.94. The van der Waals surface area contributed by atoms with Gasteiger partial charge in [0.2, 0.25) is 0 Å². The van der Waals surface area contributed by atoms with Crippen LogP contribution in [0.3, 0.4) is 0 Å². The van der Waals surface area contributed by atoms with E-state index in [9.17, 15) is 8.42 Å². The van der Waals surface area contributed by atoms with Crippen molar-refractivity contribution in [3.05, 3.63) is 65.2 Å². The normalized spacial score (nSPS) is 12.6. The molecule has 6 heteroatoms. The Morgan fingerprint density at radius 2 is 1.82 bits per heavy atom. The van der Waals surface area contributed by atoms with E-state index in [1.807, 2.05) is 6.07 Å². The van der Waals surface area contributed by atoms with E-state index in [1.54, 1.807) is 36.4 Å². The highest BCUT2D eigenvalue weighted by atomic mass is 32.2. The van der Waals surface area contributed by atoms with Gasteiger partial charge in [-0.15, -0.1) is 0 Å². The summed E-state index contributed by atoms with van der Waals surface area (Å²) in [5.74, 6) is 0. The molecule has 5 N–H and O–H groups in total. The standard InChI is InChI=1S/C16H17N3O2S/c1-12-13(7-5-11-17)6-4-9-15(12)19-22(20,21)16-10-3-2-8-14(16)18/h2-11,19H,1,17-18H2/b11-5-,13-7-. The molecule has 0 atom stereocenters. The van der Waals surface area contributed by atoms with Gasteiger partial charge in [0, 0.05) is 0 Å². The van der Waals surface area contributed by atoms with Crippen molar-refractivity contribution in [1.82, 2.24) is 0 Å². The SMILES string of the molecule is C=c1c(NS(=O)(=O)c2ccccc2N)ccc/c1=C/C=C\N. The molecular weight excluding hydrogens is 298 g/mol. The lowest BCUT2D eigenvalue weighted by Crippen LogP contribution is -2.28. The second-order valence-electron chi connectivity index (χ2n) is 4.57. The zero-order valence-electron chi connectivity index (χ0n) is 11.9. The van der Waals surface area contributed by atoms with Crippen LogP contribution in [0.2, 0.25) is 0 Å². The molecule has 2 aromatic rings. The number of anilines is 2. The maximum absolute atomic E-state index is 12.4. The minimum atomic E-state index is -3.78. The van der Waals surface area contributed by atoms with Crippen LogP contribution >= 0.6 is 0 Å². The number of sulfonamides is 1. The molecule has 0 bridgehead atoms. The Bertz CT molecular complexity index is 919. The zero-order chi connectivity index (χ0) is 16.2. The van der Waals surface area contributed by atoms with Crippen LogP contribution in [0, 0.1) is 0 Å². The Kier molecular flexibility index (Phi) is 4.53. The topological polar surface area (TPSA) is 98.2 Å². The summed E-state index contributed by atoms with van der Waals surface area (Å²) in [6.45, 7) is 3.91. The monoisotopic (exact) mass is 315 g/mol. The molecule has 5 nitrogen and oxygen atoms in total. The molecule has 0 heterocycles. The molecule has 0 unspecified atom stereocenters. The summed E-state index contributed by atoms with van der Waals surface area (Å²) < 4.78 is 27.4. The minimum Gasteiger partial charge on any atom is -0.405 e. The molecule has 0 amide bonds. The first-order chi connectivity index (χ1) is 10.5. The van der Waals surface area contributed by atoms with Crippen molar-refractivity contribution in [2.24, 2.45) is 5.73 Å². The molecule has 22 heavy (non-hydrogen) atoms. The summed E-state index contributed by atoms with van der Waals surface area (Å²) in [5, 5.41) is 1.32. The van der Waals surface area contributed by atoms with Crippen LogP contribution in [0.15, 0.2) is 59.6 Å². The third kappa shape index (κ3) is 3.29. The minimum absolute atomic E-state index is 0.0330. The van der Waals surface area contributed by atoms with Crippen LogP contribution in [0.5, 0.6) is 0 Å². The molecule has 0 aliphatic carbocycles. The molecule has 2 rings (SSSR count). The van der Waals surface area contributed by atoms with Crippen molar-refractivity contribution >= 4 is 34.1 Å². The molecule has 114 valence electrons. The van der Waals surface area contributed by atoms with E-state index in [2.05, 4.69) is 11.3 Å². The number of rotatable bonds is 4. The number of nitrogen functional groups attached to an aromatic ring is 1. The average Bonchev–Trinajstić information content (AvgIpc) is 2.48. The van der Waals surface area contributed by atoms with Crippen LogP contribution in [0.4, 0.5) is 11.4 Å². The third-order valence-corrected chi connectivity index (χ3v) is 4.49. The highest BCUT2D eigenvalue weighted by Gasteiger charge is 2.17. The first-order valence-corrected chi connectivity index (χ1v) is 7.98. The summed E-state index contributed by atoms with van der Waals surface area (Å²) in [6, 6.07) is 11.5. The van der Waals surface area contributed by atoms with Crippen LogP contribution < -0.4 is 26.6 Å². The third-order valence-electron chi connectivity index (χ3n) is 3.05. The van der Waals surface area contributed by atoms with Gasteiger partial charge in [-0.05, 0) is 40.9 Å². The molecule has 0 radical (unpaired) electrons. The number of benzene rings is 2. The molecule has 0 saturated heterocycles. The van der Waals surface area contributed by atoms with Crippen LogP contribution in [-0.4, -0.2) is 8.42 Å². The summed E-state index contributed by atoms with van der Waals surface area (Å²) in [5.41, 5.74) is 11.6.